The SMILES string of the molecule is Cc1sc(NC(=O)c2ccco2)c([C@H](c2cccnc2)N2CCC(C)CC2)c1C. The number of carbonyl (C=O) groups excluding carboxylic acids is 1. The van der Waals surface area contributed by atoms with Crippen molar-refractivity contribution in [2.75, 3.05) is 18.4 Å². The highest BCUT2D eigenvalue weighted by Crippen LogP contribution is 2.43. The molecule has 4 rings (SSSR count). The lowest BCUT2D eigenvalue weighted by molar-refractivity contribution is 0.0996. The standard InChI is InChI=1S/C23H27N3O2S/c1-15-8-11-26(12-9-15)21(18-6-4-10-24-14-18)20-16(2)17(3)29-23(20)25-22(27)19-7-5-13-28-19/h4-7,10,13-15,21H,8-9,11-12H2,1-3H3,(H,25,27)/t21-/m0/s1. The van der Waals surface area contributed by atoms with E-state index >= 15 is 0 Å². The summed E-state index contributed by atoms with van der Waals surface area (Å²) in [5, 5.41) is 4.01. The zero-order valence-electron chi connectivity index (χ0n) is 17.1. The molecule has 152 valence electrons. The van der Waals surface area contributed by atoms with E-state index < -0.39 is 0 Å². The van der Waals surface area contributed by atoms with E-state index in [0.29, 0.717) is 5.76 Å². The molecule has 0 bridgehead atoms. The number of nitrogens with zero attached hydrogens (tertiary/aromatic N) is 2. The molecule has 1 aliphatic rings. The number of piperidine rings is 1. The van der Waals surface area contributed by atoms with Gasteiger partial charge in [0.1, 0.15) is 5.00 Å². The van der Waals surface area contributed by atoms with Crippen LogP contribution < -0.4 is 5.32 Å². The monoisotopic (exact) mass is 409 g/mol. The Balaban J connectivity index is 1.75. The van der Waals surface area contributed by atoms with Gasteiger partial charge < -0.3 is 9.73 Å². The Hall–Kier alpha value is -2.44. The van der Waals surface area contributed by atoms with Gasteiger partial charge in [0, 0.05) is 22.8 Å². The minimum atomic E-state index is -0.213. The number of furan rings is 1. The van der Waals surface area contributed by atoms with Crippen LogP contribution in [0.3, 0.4) is 0 Å². The average molecular weight is 410 g/mol. The van der Waals surface area contributed by atoms with E-state index in [1.54, 1.807) is 23.5 Å². The summed E-state index contributed by atoms with van der Waals surface area (Å²) in [5.74, 6) is 0.864. The molecule has 1 amide bonds. The molecule has 1 N–H and O–H groups in total. The summed E-state index contributed by atoms with van der Waals surface area (Å²) in [7, 11) is 0. The number of anilines is 1. The third-order valence-electron chi connectivity index (χ3n) is 5.86. The molecule has 3 aromatic rings. The van der Waals surface area contributed by atoms with Crippen LogP contribution in [0.1, 0.15) is 57.9 Å². The first-order valence-electron chi connectivity index (χ1n) is 10.1. The molecule has 1 aliphatic heterocycles. The van der Waals surface area contributed by atoms with Crippen LogP contribution in [-0.2, 0) is 0 Å². The van der Waals surface area contributed by atoms with Crippen LogP contribution in [0.25, 0.3) is 0 Å². The fraction of sp³-hybridized carbons (Fsp3) is 0.391. The smallest absolute Gasteiger partial charge is 0.291 e. The second-order valence-corrected chi connectivity index (χ2v) is 9.09. The Morgan fingerprint density at radius 2 is 2.07 bits per heavy atom. The highest BCUT2D eigenvalue weighted by Gasteiger charge is 2.31. The number of likely N-dealkylation sites (tertiary alicyclic amines) is 1. The lowest BCUT2D eigenvalue weighted by Crippen LogP contribution is -2.37. The summed E-state index contributed by atoms with van der Waals surface area (Å²) in [6.45, 7) is 8.68. The number of amides is 1. The van der Waals surface area contributed by atoms with Gasteiger partial charge in [-0.3, -0.25) is 14.7 Å². The Kier molecular flexibility index (Phi) is 5.83. The Morgan fingerprint density at radius 1 is 1.28 bits per heavy atom. The summed E-state index contributed by atoms with van der Waals surface area (Å²) in [5.41, 5.74) is 3.57. The molecule has 0 saturated carbocycles. The van der Waals surface area contributed by atoms with Crippen molar-refractivity contribution in [1.29, 1.82) is 0 Å². The maximum atomic E-state index is 12.7. The van der Waals surface area contributed by atoms with E-state index in [1.165, 1.54) is 35.1 Å². The van der Waals surface area contributed by atoms with Gasteiger partial charge in [0.05, 0.1) is 12.3 Å². The minimum absolute atomic E-state index is 0.0769. The van der Waals surface area contributed by atoms with Gasteiger partial charge in [0.2, 0.25) is 0 Å². The third-order valence-corrected chi connectivity index (χ3v) is 7.00. The molecule has 3 aromatic heterocycles. The third kappa shape index (κ3) is 4.14. The summed E-state index contributed by atoms with van der Waals surface area (Å²) < 4.78 is 5.29. The number of thiophene rings is 1. The summed E-state index contributed by atoms with van der Waals surface area (Å²) in [6.07, 6.45) is 7.66. The van der Waals surface area contributed by atoms with E-state index in [-0.39, 0.29) is 11.9 Å². The molecule has 1 atom stereocenters. The number of nitrogens with one attached hydrogen (secondary N) is 1. The van der Waals surface area contributed by atoms with Gasteiger partial charge in [-0.15, -0.1) is 11.3 Å². The topological polar surface area (TPSA) is 58.4 Å². The normalized spacial score (nSPS) is 16.7. The molecule has 1 fully saturated rings. The van der Waals surface area contributed by atoms with Gasteiger partial charge in [-0.05, 0) is 75.0 Å². The number of rotatable bonds is 5. The fourth-order valence-electron chi connectivity index (χ4n) is 4.02. The van der Waals surface area contributed by atoms with Crippen LogP contribution in [0, 0.1) is 19.8 Å². The van der Waals surface area contributed by atoms with Crippen molar-refractivity contribution in [3.8, 4) is 0 Å². The maximum absolute atomic E-state index is 12.7. The number of carbonyl (C=O) groups is 1. The second kappa shape index (κ2) is 8.51. The van der Waals surface area contributed by atoms with Crippen molar-refractivity contribution in [2.45, 2.75) is 39.7 Å². The van der Waals surface area contributed by atoms with E-state index in [1.807, 2.05) is 18.5 Å². The van der Waals surface area contributed by atoms with Crippen LogP contribution >= 0.6 is 11.3 Å². The van der Waals surface area contributed by atoms with E-state index in [9.17, 15) is 4.79 Å². The second-order valence-electron chi connectivity index (χ2n) is 7.86. The highest BCUT2D eigenvalue weighted by molar-refractivity contribution is 7.16. The Bertz CT molecular complexity index is 958. The molecule has 4 heterocycles. The number of aryl methyl sites for hydroxylation is 1. The fourth-order valence-corrected chi connectivity index (χ4v) is 5.11. The van der Waals surface area contributed by atoms with Crippen LogP contribution in [-0.4, -0.2) is 28.9 Å². The van der Waals surface area contributed by atoms with Crippen molar-refractivity contribution in [1.82, 2.24) is 9.88 Å². The van der Waals surface area contributed by atoms with Crippen molar-refractivity contribution >= 4 is 22.2 Å². The van der Waals surface area contributed by atoms with Gasteiger partial charge in [-0.2, -0.15) is 0 Å². The van der Waals surface area contributed by atoms with Gasteiger partial charge in [-0.25, -0.2) is 0 Å². The predicted molar refractivity (Wildman–Crippen MR) is 117 cm³/mol. The van der Waals surface area contributed by atoms with Gasteiger partial charge in [0.25, 0.3) is 5.91 Å². The molecule has 5 nitrogen and oxygen atoms in total. The van der Waals surface area contributed by atoms with E-state index in [2.05, 4.69) is 42.0 Å². The molecule has 6 heteroatoms. The van der Waals surface area contributed by atoms with Crippen LogP contribution in [0.5, 0.6) is 0 Å². The van der Waals surface area contributed by atoms with Crippen molar-refractivity contribution in [2.24, 2.45) is 5.92 Å². The molecule has 29 heavy (non-hydrogen) atoms. The first-order valence-corrected chi connectivity index (χ1v) is 10.9. The molecule has 0 spiro atoms. The van der Waals surface area contributed by atoms with Crippen molar-refractivity contribution in [3.63, 3.8) is 0 Å². The van der Waals surface area contributed by atoms with Crippen molar-refractivity contribution < 1.29 is 9.21 Å². The molecule has 0 aromatic carbocycles. The summed E-state index contributed by atoms with van der Waals surface area (Å²) >= 11 is 1.63. The lowest BCUT2D eigenvalue weighted by atomic mass is 9.91. The highest BCUT2D eigenvalue weighted by atomic mass is 32.1. The number of hydrogen-bond acceptors (Lipinski definition) is 5. The maximum Gasteiger partial charge on any atom is 0.291 e. The molecule has 1 saturated heterocycles. The van der Waals surface area contributed by atoms with Gasteiger partial charge in [0.15, 0.2) is 5.76 Å². The van der Waals surface area contributed by atoms with Crippen LogP contribution in [0.4, 0.5) is 5.00 Å². The number of aromatic nitrogens is 1. The number of pyridine rings is 1. The lowest BCUT2D eigenvalue weighted by Gasteiger charge is -2.37. The molecule has 0 aliphatic carbocycles. The summed E-state index contributed by atoms with van der Waals surface area (Å²) in [6, 6.07) is 7.62. The molecular formula is C23H27N3O2S. The van der Waals surface area contributed by atoms with Gasteiger partial charge >= 0.3 is 0 Å². The first-order chi connectivity index (χ1) is 14.0. The minimum Gasteiger partial charge on any atom is -0.459 e. The quantitative estimate of drug-likeness (QED) is 0.611. The van der Waals surface area contributed by atoms with E-state index in [0.717, 1.165) is 29.6 Å². The van der Waals surface area contributed by atoms with E-state index in [4.69, 9.17) is 4.42 Å². The zero-order chi connectivity index (χ0) is 20.4. The van der Waals surface area contributed by atoms with Crippen LogP contribution in [0.15, 0.2) is 47.3 Å². The largest absolute Gasteiger partial charge is 0.459 e. The average Bonchev–Trinajstić information content (AvgIpc) is 3.35. The number of hydrogen-bond donors (Lipinski definition) is 1. The molecule has 0 radical (unpaired) electrons. The Morgan fingerprint density at radius 3 is 2.72 bits per heavy atom. The van der Waals surface area contributed by atoms with Crippen molar-refractivity contribution in [3.05, 3.63) is 70.3 Å². The van der Waals surface area contributed by atoms with Gasteiger partial charge in [-0.1, -0.05) is 13.0 Å². The predicted octanol–water partition coefficient (Wildman–Crippen LogP) is 5.43. The zero-order valence-corrected chi connectivity index (χ0v) is 18.0. The van der Waals surface area contributed by atoms with Crippen LogP contribution in [0.2, 0.25) is 0 Å². The molecular weight excluding hydrogens is 382 g/mol. The molecule has 0 unspecified atom stereocenters. The summed E-state index contributed by atoms with van der Waals surface area (Å²) in [4.78, 5) is 20.8. The Labute approximate surface area is 175 Å². The first kappa shape index (κ1) is 19.9.